The minimum Gasteiger partial charge on any atom is -0.331 e. The molecule has 0 aliphatic rings. The van der Waals surface area contributed by atoms with Crippen molar-refractivity contribution in [3.05, 3.63) is 70.5 Å². The van der Waals surface area contributed by atoms with Crippen LogP contribution in [0.25, 0.3) is 6.08 Å². The number of aryl methyl sites for hydroxylation is 2. The van der Waals surface area contributed by atoms with Crippen molar-refractivity contribution < 1.29 is 4.79 Å². The highest BCUT2D eigenvalue weighted by Crippen LogP contribution is 2.22. The van der Waals surface area contributed by atoms with E-state index in [1.165, 1.54) is 6.08 Å². The van der Waals surface area contributed by atoms with Gasteiger partial charge in [0.1, 0.15) is 5.15 Å². The maximum absolute atomic E-state index is 12.7. The van der Waals surface area contributed by atoms with Crippen LogP contribution in [0, 0.1) is 18.3 Å². The third-order valence-electron chi connectivity index (χ3n) is 4.34. The maximum Gasteiger partial charge on any atom is 0.247 e. The number of unbranched alkanes of at least 4 members (excludes halogenated alkanes) is 1. The molecule has 1 aromatic carbocycles. The van der Waals surface area contributed by atoms with Crippen LogP contribution >= 0.6 is 11.6 Å². The lowest BCUT2D eigenvalue weighted by atomic mass is 10.1. The average Bonchev–Trinajstić information content (AvgIpc) is 2.97. The van der Waals surface area contributed by atoms with Crippen molar-refractivity contribution in [2.75, 3.05) is 6.54 Å². The van der Waals surface area contributed by atoms with Crippen LogP contribution in [0.2, 0.25) is 5.15 Å². The van der Waals surface area contributed by atoms with Gasteiger partial charge < -0.3 is 4.90 Å². The molecule has 0 unspecified atom stereocenters. The van der Waals surface area contributed by atoms with Gasteiger partial charge in [-0.25, -0.2) is 0 Å². The summed E-state index contributed by atoms with van der Waals surface area (Å²) in [6.45, 7) is 9.36. The van der Waals surface area contributed by atoms with Gasteiger partial charge in [0.05, 0.1) is 17.3 Å². The summed E-state index contributed by atoms with van der Waals surface area (Å²) < 4.78 is 1.78. The first kappa shape index (κ1) is 21.5. The number of benzene rings is 1. The fraction of sp³-hybridized carbons (Fsp3) is 0.318. The van der Waals surface area contributed by atoms with Gasteiger partial charge in [0, 0.05) is 31.3 Å². The molecular weight excluding hydrogens is 372 g/mol. The van der Waals surface area contributed by atoms with Crippen molar-refractivity contribution in [2.45, 2.75) is 39.8 Å². The van der Waals surface area contributed by atoms with Crippen LogP contribution in [0.15, 0.2) is 43.0 Å². The largest absolute Gasteiger partial charge is 0.331 e. The predicted octanol–water partition coefficient (Wildman–Crippen LogP) is 4.74. The van der Waals surface area contributed by atoms with E-state index in [-0.39, 0.29) is 5.91 Å². The Kier molecular flexibility index (Phi) is 8.03. The fourth-order valence-electron chi connectivity index (χ4n) is 2.77. The molecule has 0 fully saturated rings. The van der Waals surface area contributed by atoms with Crippen LogP contribution in [0.1, 0.15) is 42.1 Å². The van der Waals surface area contributed by atoms with E-state index in [4.69, 9.17) is 16.9 Å². The molecule has 1 heterocycles. The Bertz CT molecular complexity index is 890. The number of carbonyl (C=O) groups excluding carboxylic acids is 1. The van der Waals surface area contributed by atoms with Crippen molar-refractivity contribution in [1.29, 1.82) is 5.26 Å². The van der Waals surface area contributed by atoms with Gasteiger partial charge in [-0.1, -0.05) is 43.2 Å². The van der Waals surface area contributed by atoms with Crippen molar-refractivity contribution in [3.8, 4) is 6.07 Å². The summed E-state index contributed by atoms with van der Waals surface area (Å²) in [6.07, 6.45) is 7.00. The van der Waals surface area contributed by atoms with Gasteiger partial charge in [-0.05, 0) is 37.1 Å². The highest BCUT2D eigenvalue weighted by molar-refractivity contribution is 6.31. The Hall–Kier alpha value is -2.84. The molecule has 1 aromatic heterocycles. The van der Waals surface area contributed by atoms with Gasteiger partial charge >= 0.3 is 0 Å². The molecule has 0 bridgehead atoms. The Morgan fingerprint density at radius 2 is 2.11 bits per heavy atom. The first-order valence-corrected chi connectivity index (χ1v) is 9.67. The van der Waals surface area contributed by atoms with Crippen molar-refractivity contribution >= 4 is 23.6 Å². The lowest BCUT2D eigenvalue weighted by molar-refractivity contribution is -0.126. The number of rotatable bonds is 9. The van der Waals surface area contributed by atoms with E-state index >= 15 is 0 Å². The summed E-state index contributed by atoms with van der Waals surface area (Å²) in [5.41, 5.74) is 3.11. The minimum atomic E-state index is -0.138. The molecular formula is C22H25ClN4O. The molecule has 0 N–H and O–H groups in total. The quantitative estimate of drug-likeness (QED) is 0.454. The van der Waals surface area contributed by atoms with Crippen LogP contribution < -0.4 is 0 Å². The van der Waals surface area contributed by atoms with Gasteiger partial charge in [-0.3, -0.25) is 9.48 Å². The molecule has 6 heteroatoms. The molecule has 0 saturated carbocycles. The lowest BCUT2D eigenvalue weighted by Gasteiger charge is -2.19. The van der Waals surface area contributed by atoms with Crippen LogP contribution in [0.5, 0.6) is 0 Å². The maximum atomic E-state index is 12.7. The van der Waals surface area contributed by atoms with Crippen molar-refractivity contribution in [1.82, 2.24) is 14.7 Å². The Morgan fingerprint density at radius 1 is 1.39 bits per heavy atom. The first-order valence-electron chi connectivity index (χ1n) is 9.30. The van der Waals surface area contributed by atoms with Crippen LogP contribution in [-0.4, -0.2) is 27.1 Å². The zero-order valence-corrected chi connectivity index (χ0v) is 17.1. The zero-order chi connectivity index (χ0) is 20.5. The third kappa shape index (κ3) is 5.58. The SMILES string of the molecule is C=CCN(Cc1ccc(C#N)cc1)C(=O)/C=C/c1c(C)nn(CCCC)c1Cl. The number of carbonyl (C=O) groups is 1. The molecule has 2 rings (SSSR count). The molecule has 5 nitrogen and oxygen atoms in total. The highest BCUT2D eigenvalue weighted by Gasteiger charge is 2.13. The smallest absolute Gasteiger partial charge is 0.247 e. The van der Waals surface area contributed by atoms with Gasteiger partial charge in [0.2, 0.25) is 5.91 Å². The van der Waals surface area contributed by atoms with E-state index in [1.807, 2.05) is 19.1 Å². The number of nitriles is 1. The molecule has 0 spiro atoms. The van der Waals surface area contributed by atoms with E-state index in [9.17, 15) is 4.79 Å². The number of hydrogen-bond donors (Lipinski definition) is 0. The fourth-order valence-corrected chi connectivity index (χ4v) is 3.09. The summed E-state index contributed by atoms with van der Waals surface area (Å²) in [4.78, 5) is 14.4. The normalized spacial score (nSPS) is 10.8. The van der Waals surface area contributed by atoms with Gasteiger partial charge in [0.25, 0.3) is 0 Å². The monoisotopic (exact) mass is 396 g/mol. The van der Waals surface area contributed by atoms with Gasteiger partial charge in [-0.15, -0.1) is 6.58 Å². The average molecular weight is 397 g/mol. The van der Waals surface area contributed by atoms with E-state index in [0.717, 1.165) is 36.2 Å². The second-order valence-electron chi connectivity index (χ2n) is 6.52. The summed E-state index contributed by atoms with van der Waals surface area (Å²) >= 11 is 6.43. The Morgan fingerprint density at radius 3 is 2.71 bits per heavy atom. The van der Waals surface area contributed by atoms with Gasteiger partial charge in [-0.2, -0.15) is 10.4 Å². The molecule has 2 aromatic rings. The first-order chi connectivity index (χ1) is 13.5. The second-order valence-corrected chi connectivity index (χ2v) is 6.87. The number of amides is 1. The molecule has 1 amide bonds. The summed E-state index contributed by atoms with van der Waals surface area (Å²) in [5, 5.41) is 13.9. The third-order valence-corrected chi connectivity index (χ3v) is 4.74. The number of halogens is 1. The zero-order valence-electron chi connectivity index (χ0n) is 16.4. The molecule has 146 valence electrons. The van der Waals surface area contributed by atoms with Crippen LogP contribution in [0.3, 0.4) is 0 Å². The second kappa shape index (κ2) is 10.5. The van der Waals surface area contributed by atoms with Crippen LogP contribution in [-0.2, 0) is 17.9 Å². The Balaban J connectivity index is 2.14. The van der Waals surface area contributed by atoms with Crippen LogP contribution in [0.4, 0.5) is 0 Å². The number of nitrogens with zero attached hydrogens (tertiary/aromatic N) is 4. The van der Waals surface area contributed by atoms with Crippen molar-refractivity contribution in [2.24, 2.45) is 0 Å². The highest BCUT2D eigenvalue weighted by atomic mass is 35.5. The molecule has 0 aliphatic heterocycles. The topological polar surface area (TPSA) is 61.9 Å². The van der Waals surface area contributed by atoms with Crippen molar-refractivity contribution in [3.63, 3.8) is 0 Å². The molecule has 28 heavy (non-hydrogen) atoms. The predicted molar refractivity (Wildman–Crippen MR) is 113 cm³/mol. The van der Waals surface area contributed by atoms with E-state index in [1.54, 1.807) is 33.9 Å². The summed E-state index contributed by atoms with van der Waals surface area (Å²) in [6, 6.07) is 9.29. The minimum absolute atomic E-state index is 0.138. The summed E-state index contributed by atoms with van der Waals surface area (Å²) in [7, 11) is 0. The lowest BCUT2D eigenvalue weighted by Crippen LogP contribution is -2.29. The number of aromatic nitrogens is 2. The molecule has 0 aliphatic carbocycles. The van der Waals surface area contributed by atoms with Gasteiger partial charge in [0.15, 0.2) is 0 Å². The van der Waals surface area contributed by atoms with E-state index < -0.39 is 0 Å². The standard InChI is InChI=1S/C22H25ClN4O/c1-4-6-14-27-22(23)20(17(3)25-27)11-12-21(28)26(13-5-2)16-19-9-7-18(15-24)8-10-19/h5,7-12H,2,4,6,13-14,16H2,1,3H3/b12-11+. The number of hydrogen-bond acceptors (Lipinski definition) is 3. The Labute approximate surface area is 171 Å². The molecule has 0 radical (unpaired) electrons. The molecule has 0 saturated heterocycles. The summed E-state index contributed by atoms with van der Waals surface area (Å²) in [5.74, 6) is -0.138. The molecule has 0 atom stereocenters. The van der Waals surface area contributed by atoms with E-state index in [2.05, 4.69) is 24.7 Å². The van der Waals surface area contributed by atoms with E-state index in [0.29, 0.717) is 23.8 Å².